The van der Waals surface area contributed by atoms with Crippen molar-refractivity contribution in [3.8, 4) is 0 Å². The molecule has 0 saturated heterocycles. The maximum atomic E-state index is 11.4. The highest BCUT2D eigenvalue weighted by molar-refractivity contribution is 5.37. The van der Waals surface area contributed by atoms with Gasteiger partial charge in [-0.05, 0) is 25.2 Å². The van der Waals surface area contributed by atoms with Gasteiger partial charge in [-0.1, -0.05) is 6.92 Å². The monoisotopic (exact) mass is 205 g/mol. The predicted octanol–water partition coefficient (Wildman–Crippen LogP) is 1.47. The fourth-order valence-corrected chi connectivity index (χ4v) is 1.81. The minimum absolute atomic E-state index is 0.0392. The van der Waals surface area contributed by atoms with E-state index >= 15 is 0 Å². The lowest BCUT2D eigenvalue weighted by Crippen LogP contribution is -2.14. The molecule has 0 aromatic carbocycles. The number of nitrogens with one attached hydrogen (secondary N) is 2. The molecule has 2 atom stereocenters. The van der Waals surface area contributed by atoms with Crippen LogP contribution >= 0.6 is 0 Å². The summed E-state index contributed by atoms with van der Waals surface area (Å²) >= 11 is 0. The first-order chi connectivity index (χ1) is 7.22. The predicted molar refractivity (Wildman–Crippen MR) is 58.0 cm³/mol. The third-order valence-corrected chi connectivity index (χ3v) is 3.17. The van der Waals surface area contributed by atoms with Gasteiger partial charge in [-0.25, -0.2) is 4.98 Å². The van der Waals surface area contributed by atoms with Crippen molar-refractivity contribution in [1.29, 1.82) is 0 Å². The summed E-state index contributed by atoms with van der Waals surface area (Å²) in [5.74, 6) is 2.82. The molecule has 2 aliphatic rings. The number of hydrogen-bond acceptors (Lipinski definition) is 3. The largest absolute Gasteiger partial charge is 0.367 e. The van der Waals surface area contributed by atoms with Gasteiger partial charge in [-0.3, -0.25) is 4.79 Å². The Balaban J connectivity index is 1.83. The standard InChI is InChI=1S/C11H15N3O/c1-6-4-8(6)12-9-5-10(15)14-11(13-9)7-2-3-7/h5-8H,2-4H2,1H3,(H2,12,13,14,15). The maximum Gasteiger partial charge on any atom is 0.252 e. The zero-order chi connectivity index (χ0) is 10.4. The second-order valence-corrected chi connectivity index (χ2v) is 4.75. The lowest BCUT2D eigenvalue weighted by Gasteiger charge is -2.05. The van der Waals surface area contributed by atoms with Crippen LogP contribution in [0.3, 0.4) is 0 Å². The van der Waals surface area contributed by atoms with Crippen molar-refractivity contribution in [2.75, 3.05) is 5.32 Å². The summed E-state index contributed by atoms with van der Waals surface area (Å²) in [5, 5.41) is 3.30. The summed E-state index contributed by atoms with van der Waals surface area (Å²) in [6.45, 7) is 2.20. The van der Waals surface area contributed by atoms with E-state index in [2.05, 4.69) is 22.2 Å². The van der Waals surface area contributed by atoms with Gasteiger partial charge in [0.15, 0.2) is 0 Å². The summed E-state index contributed by atoms with van der Waals surface area (Å²) in [5.41, 5.74) is -0.0392. The first kappa shape index (κ1) is 8.95. The highest BCUT2D eigenvalue weighted by Gasteiger charge is 2.33. The first-order valence-corrected chi connectivity index (χ1v) is 5.60. The molecule has 2 saturated carbocycles. The zero-order valence-electron chi connectivity index (χ0n) is 8.79. The van der Waals surface area contributed by atoms with Gasteiger partial charge >= 0.3 is 0 Å². The van der Waals surface area contributed by atoms with Gasteiger partial charge in [0.25, 0.3) is 5.56 Å². The van der Waals surface area contributed by atoms with Crippen LogP contribution in [-0.4, -0.2) is 16.0 Å². The molecule has 1 aromatic heterocycles. The lowest BCUT2D eigenvalue weighted by atomic mass is 10.4. The van der Waals surface area contributed by atoms with Crippen molar-refractivity contribution in [3.63, 3.8) is 0 Å². The summed E-state index contributed by atoms with van der Waals surface area (Å²) in [6.07, 6.45) is 3.51. The number of anilines is 1. The normalized spacial score (nSPS) is 28.9. The molecule has 80 valence electrons. The van der Waals surface area contributed by atoms with Gasteiger partial charge < -0.3 is 10.3 Å². The van der Waals surface area contributed by atoms with Gasteiger partial charge in [0.1, 0.15) is 11.6 Å². The van der Waals surface area contributed by atoms with Gasteiger partial charge in [-0.15, -0.1) is 0 Å². The van der Waals surface area contributed by atoms with Gasteiger partial charge in [0, 0.05) is 18.0 Å². The van der Waals surface area contributed by atoms with Crippen molar-refractivity contribution >= 4 is 5.82 Å². The summed E-state index contributed by atoms with van der Waals surface area (Å²) in [7, 11) is 0. The van der Waals surface area contributed by atoms with Crippen LogP contribution in [0.5, 0.6) is 0 Å². The van der Waals surface area contributed by atoms with Crippen LogP contribution in [-0.2, 0) is 0 Å². The van der Waals surface area contributed by atoms with Gasteiger partial charge in [-0.2, -0.15) is 0 Å². The number of rotatable bonds is 3. The van der Waals surface area contributed by atoms with E-state index < -0.39 is 0 Å². The fourth-order valence-electron chi connectivity index (χ4n) is 1.81. The third kappa shape index (κ3) is 1.89. The van der Waals surface area contributed by atoms with Crippen LogP contribution < -0.4 is 10.9 Å². The maximum absolute atomic E-state index is 11.4. The minimum Gasteiger partial charge on any atom is -0.367 e. The molecule has 0 radical (unpaired) electrons. The Kier molecular flexibility index (Phi) is 1.84. The molecule has 0 bridgehead atoms. The molecule has 2 N–H and O–H groups in total. The Labute approximate surface area is 88.1 Å². The number of hydrogen-bond donors (Lipinski definition) is 2. The summed E-state index contributed by atoms with van der Waals surface area (Å²) < 4.78 is 0. The average Bonchev–Trinajstić information content (AvgIpc) is 3.02. The Morgan fingerprint density at radius 2 is 2.27 bits per heavy atom. The van der Waals surface area contributed by atoms with E-state index in [0.717, 1.165) is 30.4 Å². The minimum atomic E-state index is -0.0392. The van der Waals surface area contributed by atoms with Crippen molar-refractivity contribution < 1.29 is 0 Å². The molecule has 0 aliphatic heterocycles. The Morgan fingerprint density at radius 1 is 1.53 bits per heavy atom. The van der Waals surface area contributed by atoms with E-state index in [4.69, 9.17) is 0 Å². The van der Waals surface area contributed by atoms with E-state index in [-0.39, 0.29) is 5.56 Å². The van der Waals surface area contributed by atoms with Crippen molar-refractivity contribution in [2.45, 2.75) is 38.1 Å². The molecule has 2 aliphatic carbocycles. The van der Waals surface area contributed by atoms with Gasteiger partial charge in [0.2, 0.25) is 0 Å². The van der Waals surface area contributed by atoms with Crippen molar-refractivity contribution in [1.82, 2.24) is 9.97 Å². The SMILES string of the molecule is CC1CC1Nc1cc(=O)[nH]c(C2CC2)n1. The highest BCUT2D eigenvalue weighted by atomic mass is 16.1. The van der Waals surface area contributed by atoms with Crippen LogP contribution in [0, 0.1) is 5.92 Å². The summed E-state index contributed by atoms with van der Waals surface area (Å²) in [6, 6.07) is 2.07. The van der Waals surface area contributed by atoms with E-state index in [9.17, 15) is 4.79 Å². The average molecular weight is 205 g/mol. The molecule has 0 amide bonds. The van der Waals surface area contributed by atoms with Crippen molar-refractivity contribution in [2.24, 2.45) is 5.92 Å². The van der Waals surface area contributed by atoms with Crippen LogP contribution in [0.2, 0.25) is 0 Å². The van der Waals surface area contributed by atoms with E-state index in [1.807, 2.05) is 0 Å². The number of aromatic nitrogens is 2. The van der Waals surface area contributed by atoms with Crippen LogP contribution in [0.1, 0.15) is 37.9 Å². The second kappa shape index (κ2) is 3.08. The summed E-state index contributed by atoms with van der Waals surface area (Å²) in [4.78, 5) is 18.6. The number of H-pyrrole nitrogens is 1. The molecular weight excluding hydrogens is 190 g/mol. The Morgan fingerprint density at radius 3 is 2.87 bits per heavy atom. The molecule has 0 spiro atoms. The molecule has 4 nitrogen and oxygen atoms in total. The van der Waals surface area contributed by atoms with Gasteiger partial charge in [0.05, 0.1) is 0 Å². The molecule has 4 heteroatoms. The molecule has 2 unspecified atom stereocenters. The fraction of sp³-hybridized carbons (Fsp3) is 0.636. The lowest BCUT2D eigenvalue weighted by molar-refractivity contribution is 0.885. The molecule has 3 rings (SSSR count). The second-order valence-electron chi connectivity index (χ2n) is 4.75. The quantitative estimate of drug-likeness (QED) is 0.785. The number of aromatic amines is 1. The van der Waals surface area contributed by atoms with E-state index in [1.54, 1.807) is 6.07 Å². The first-order valence-electron chi connectivity index (χ1n) is 5.60. The van der Waals surface area contributed by atoms with Crippen molar-refractivity contribution in [3.05, 3.63) is 22.2 Å². The number of nitrogens with zero attached hydrogens (tertiary/aromatic N) is 1. The highest BCUT2D eigenvalue weighted by Crippen LogP contribution is 2.38. The van der Waals surface area contributed by atoms with Crippen LogP contribution in [0.25, 0.3) is 0 Å². The molecule has 2 fully saturated rings. The topological polar surface area (TPSA) is 57.8 Å². The molecule has 1 heterocycles. The smallest absolute Gasteiger partial charge is 0.252 e. The zero-order valence-corrected chi connectivity index (χ0v) is 8.79. The molecule has 15 heavy (non-hydrogen) atoms. The molecular formula is C11H15N3O. The Hall–Kier alpha value is -1.32. The molecule has 1 aromatic rings. The Bertz CT molecular complexity index is 436. The van der Waals surface area contributed by atoms with E-state index in [1.165, 1.54) is 6.42 Å². The van der Waals surface area contributed by atoms with Crippen LogP contribution in [0.15, 0.2) is 10.9 Å². The van der Waals surface area contributed by atoms with E-state index in [0.29, 0.717) is 12.0 Å². The third-order valence-electron chi connectivity index (χ3n) is 3.17. The van der Waals surface area contributed by atoms with Crippen LogP contribution in [0.4, 0.5) is 5.82 Å².